The van der Waals surface area contributed by atoms with Crippen molar-refractivity contribution in [3.63, 3.8) is 0 Å². The summed E-state index contributed by atoms with van der Waals surface area (Å²) in [6.45, 7) is 9.93. The van der Waals surface area contributed by atoms with Gasteiger partial charge in [-0.25, -0.2) is 21.6 Å². The molecule has 1 N–H and O–H groups in total. The van der Waals surface area contributed by atoms with Crippen LogP contribution < -0.4 is 0 Å². The first-order valence-corrected chi connectivity index (χ1v) is 15.4. The molecule has 0 heterocycles. The highest BCUT2D eigenvalue weighted by molar-refractivity contribution is 7.93. The first-order valence-electron chi connectivity index (χ1n) is 12.1. The van der Waals surface area contributed by atoms with E-state index < -0.39 is 46.1 Å². The van der Waals surface area contributed by atoms with Crippen LogP contribution in [-0.2, 0) is 29.3 Å². The number of carbonyl (C=O) groups excluding carboxylic acids is 1. The minimum absolute atomic E-state index is 0.0290. The Hall–Kier alpha value is -1.25. The van der Waals surface area contributed by atoms with Gasteiger partial charge in [-0.15, -0.1) is 0 Å². The van der Waals surface area contributed by atoms with Gasteiger partial charge in [0.2, 0.25) is 6.08 Å². The SMILES string of the molecule is CC(C)(C)S(=O)(=O)CC1(C(=O)O)CCCCC1.CC(C)(C)S(=O)(=O)CC1(N=C=O)CCCCC1. The number of rotatable bonds is 6. The van der Waals surface area contributed by atoms with Gasteiger partial charge < -0.3 is 5.11 Å². The molecule has 2 rings (SSSR count). The maximum absolute atomic E-state index is 12.2. The quantitative estimate of drug-likeness (QED) is 0.402. The molecule has 2 aliphatic carbocycles. The smallest absolute Gasteiger partial charge is 0.310 e. The predicted molar refractivity (Wildman–Crippen MR) is 134 cm³/mol. The highest BCUT2D eigenvalue weighted by Crippen LogP contribution is 2.40. The second-order valence-corrected chi connectivity index (χ2v) is 17.4. The molecular weight excluding hydrogens is 478 g/mol. The molecule has 0 unspecified atom stereocenters. The Morgan fingerprint density at radius 3 is 1.50 bits per heavy atom. The van der Waals surface area contributed by atoms with Crippen LogP contribution in [0.25, 0.3) is 0 Å². The molecule has 0 spiro atoms. The highest BCUT2D eigenvalue weighted by atomic mass is 32.2. The third-order valence-electron chi connectivity index (χ3n) is 7.12. The molecular formula is C24H43NO7S2. The minimum atomic E-state index is -3.38. The van der Waals surface area contributed by atoms with Crippen LogP contribution in [0.4, 0.5) is 0 Å². The third-order valence-corrected chi connectivity index (χ3v) is 12.7. The number of sulfone groups is 2. The molecule has 0 aromatic carbocycles. The zero-order chi connectivity index (χ0) is 26.5. The molecule has 0 aromatic heterocycles. The van der Waals surface area contributed by atoms with Crippen molar-refractivity contribution in [1.82, 2.24) is 0 Å². The molecule has 0 bridgehead atoms. The molecule has 2 saturated carbocycles. The van der Waals surface area contributed by atoms with Crippen molar-refractivity contribution in [2.45, 2.75) is 121 Å². The summed E-state index contributed by atoms with van der Waals surface area (Å²) in [7, 11) is -6.63. The molecule has 0 amide bonds. The molecule has 0 aliphatic heterocycles. The lowest BCUT2D eigenvalue weighted by Gasteiger charge is -2.35. The lowest BCUT2D eigenvalue weighted by molar-refractivity contribution is -0.149. The van der Waals surface area contributed by atoms with Crippen LogP contribution >= 0.6 is 0 Å². The van der Waals surface area contributed by atoms with E-state index in [1.54, 1.807) is 47.6 Å². The van der Waals surface area contributed by atoms with E-state index in [9.17, 15) is 31.5 Å². The van der Waals surface area contributed by atoms with Crippen molar-refractivity contribution in [1.29, 1.82) is 0 Å². The van der Waals surface area contributed by atoms with Gasteiger partial charge in [0, 0.05) is 0 Å². The van der Waals surface area contributed by atoms with Gasteiger partial charge >= 0.3 is 5.97 Å². The van der Waals surface area contributed by atoms with Crippen LogP contribution in [0.3, 0.4) is 0 Å². The van der Waals surface area contributed by atoms with Crippen molar-refractivity contribution in [3.05, 3.63) is 0 Å². The maximum atomic E-state index is 12.2. The maximum Gasteiger partial charge on any atom is 0.310 e. The number of nitrogens with zero attached hydrogens (tertiary/aromatic N) is 1. The Morgan fingerprint density at radius 1 is 0.765 bits per heavy atom. The fourth-order valence-electron chi connectivity index (χ4n) is 4.39. The van der Waals surface area contributed by atoms with E-state index in [0.717, 1.165) is 38.5 Å². The van der Waals surface area contributed by atoms with Crippen LogP contribution in [0, 0.1) is 5.41 Å². The number of isocyanates is 1. The van der Waals surface area contributed by atoms with Crippen molar-refractivity contribution in [3.8, 4) is 0 Å². The standard InChI is InChI=1S/C12H21NO3S.C12H22O4S/c1-11(2,3)17(15,16)9-12(13-10-14)7-5-4-6-8-12;1-11(2,3)17(15,16)9-12(10(13)14)7-5-4-6-8-12/h4-9H2,1-3H3;4-9H2,1-3H3,(H,13,14). The number of aliphatic imine (C=N–C) groups is 1. The Labute approximate surface area is 205 Å². The van der Waals surface area contributed by atoms with Gasteiger partial charge in [0.1, 0.15) is 0 Å². The fourth-order valence-corrected chi connectivity index (χ4v) is 7.46. The molecule has 0 aromatic rings. The van der Waals surface area contributed by atoms with E-state index in [-0.39, 0.29) is 11.5 Å². The average molecular weight is 522 g/mol. The Kier molecular flexibility index (Phi) is 10.1. The van der Waals surface area contributed by atoms with Gasteiger partial charge in [0.25, 0.3) is 0 Å². The van der Waals surface area contributed by atoms with E-state index in [0.29, 0.717) is 25.7 Å². The Balaban J connectivity index is 0.000000340. The normalized spacial score (nSPS) is 20.9. The van der Waals surface area contributed by atoms with Gasteiger partial charge in [-0.05, 0) is 67.2 Å². The molecule has 0 radical (unpaired) electrons. The molecule has 2 aliphatic rings. The van der Waals surface area contributed by atoms with E-state index >= 15 is 0 Å². The number of hydrogen-bond donors (Lipinski definition) is 1. The van der Waals surface area contributed by atoms with Gasteiger partial charge in [0.05, 0.1) is 32.0 Å². The zero-order valence-electron chi connectivity index (χ0n) is 21.6. The topological polar surface area (TPSA) is 135 Å². The highest BCUT2D eigenvalue weighted by Gasteiger charge is 2.46. The Bertz CT molecular complexity index is 886. The van der Waals surface area contributed by atoms with Crippen LogP contribution in [-0.4, -0.2) is 60.5 Å². The fraction of sp³-hybridized carbons (Fsp3) is 0.917. The van der Waals surface area contributed by atoms with E-state index in [2.05, 4.69) is 4.99 Å². The summed E-state index contributed by atoms with van der Waals surface area (Å²) in [5.41, 5.74) is -1.77. The number of aliphatic carboxylic acids is 1. The molecule has 34 heavy (non-hydrogen) atoms. The van der Waals surface area contributed by atoms with Crippen LogP contribution in [0.5, 0.6) is 0 Å². The second-order valence-electron chi connectivity index (χ2n) is 11.9. The molecule has 8 nitrogen and oxygen atoms in total. The minimum Gasteiger partial charge on any atom is -0.481 e. The van der Waals surface area contributed by atoms with E-state index in [1.165, 1.54) is 0 Å². The van der Waals surface area contributed by atoms with Gasteiger partial charge in [-0.2, -0.15) is 4.99 Å². The number of hydrogen-bond acceptors (Lipinski definition) is 7. The average Bonchev–Trinajstić information content (AvgIpc) is 2.67. The van der Waals surface area contributed by atoms with Gasteiger partial charge in [-0.1, -0.05) is 38.5 Å². The summed E-state index contributed by atoms with van der Waals surface area (Å²) in [4.78, 5) is 25.8. The lowest BCUT2D eigenvalue weighted by atomic mass is 9.76. The monoisotopic (exact) mass is 521 g/mol. The molecule has 2 fully saturated rings. The van der Waals surface area contributed by atoms with Gasteiger partial charge in [0.15, 0.2) is 19.7 Å². The predicted octanol–water partition coefficient (Wildman–Crippen LogP) is 4.47. The van der Waals surface area contributed by atoms with E-state index in [1.807, 2.05) is 0 Å². The first kappa shape index (κ1) is 30.8. The summed E-state index contributed by atoms with van der Waals surface area (Å²) >= 11 is 0. The van der Waals surface area contributed by atoms with Crippen LogP contribution in [0.1, 0.15) is 106 Å². The molecule has 0 saturated heterocycles. The largest absolute Gasteiger partial charge is 0.481 e. The summed E-state index contributed by atoms with van der Waals surface area (Å²) in [5, 5.41) is 9.35. The van der Waals surface area contributed by atoms with Crippen molar-refractivity contribution in [2.75, 3.05) is 11.5 Å². The zero-order valence-corrected chi connectivity index (χ0v) is 23.3. The van der Waals surface area contributed by atoms with Crippen molar-refractivity contribution >= 4 is 31.7 Å². The summed E-state index contributed by atoms with van der Waals surface area (Å²) in [6, 6.07) is 0. The molecule has 0 atom stereocenters. The summed E-state index contributed by atoms with van der Waals surface area (Å²) in [5.74, 6) is -1.21. The summed E-state index contributed by atoms with van der Waals surface area (Å²) in [6.07, 6.45) is 9.47. The second kappa shape index (κ2) is 11.2. The molecule has 10 heteroatoms. The number of carbonyl (C=O) groups is 1. The van der Waals surface area contributed by atoms with Crippen molar-refractivity contribution in [2.24, 2.45) is 10.4 Å². The molecule has 198 valence electrons. The van der Waals surface area contributed by atoms with E-state index in [4.69, 9.17) is 0 Å². The van der Waals surface area contributed by atoms with Crippen molar-refractivity contribution < 1.29 is 31.5 Å². The van der Waals surface area contributed by atoms with Crippen LogP contribution in [0.15, 0.2) is 4.99 Å². The number of carboxylic acid groups (broad SMARTS) is 1. The van der Waals surface area contributed by atoms with Gasteiger partial charge in [-0.3, -0.25) is 4.79 Å². The number of carboxylic acids is 1. The Morgan fingerprint density at radius 2 is 1.15 bits per heavy atom. The van der Waals surface area contributed by atoms with Crippen LogP contribution in [0.2, 0.25) is 0 Å². The summed E-state index contributed by atoms with van der Waals surface area (Å²) < 4.78 is 47.1. The lowest BCUT2D eigenvalue weighted by Crippen LogP contribution is -2.44. The first-order chi connectivity index (χ1) is 15.3. The third kappa shape index (κ3) is 7.89.